The molecular formula is C32H39N5O6. The van der Waals surface area contributed by atoms with Crippen LogP contribution in [0.1, 0.15) is 49.1 Å². The number of nitrogens with one attached hydrogen (secondary N) is 1. The fourth-order valence-electron chi connectivity index (χ4n) is 4.48. The van der Waals surface area contributed by atoms with E-state index in [2.05, 4.69) is 10.3 Å². The van der Waals surface area contributed by atoms with Gasteiger partial charge in [-0.3, -0.25) is 9.83 Å². The number of rotatable bonds is 11. The number of hydrogen-bond acceptors (Lipinski definition) is 8. The standard InChI is InChI=1S/C32H39N5O6/c1-32(2,3)42-31(39)36-17-16-35-30(33)37-19-24-14-15-26(18-25(24)20-37)40-21-27(43-34)29(38)41-28(22-10-6-4-7-11-22)23-12-8-5-9-13-23/h4-15,18,27-28H,16-17,19-21,34H2,1-3H3,(H2,33,35)(H,36,39)/t27-/m0/s1. The maximum atomic E-state index is 13.1. The molecule has 0 radical (unpaired) electrons. The van der Waals surface area contributed by atoms with Crippen LogP contribution >= 0.6 is 0 Å². The van der Waals surface area contributed by atoms with Crippen LogP contribution in [-0.4, -0.2) is 54.3 Å². The number of amides is 1. The normalized spacial score (nSPS) is 13.8. The fourth-order valence-corrected chi connectivity index (χ4v) is 4.48. The van der Waals surface area contributed by atoms with Crippen LogP contribution in [0.25, 0.3) is 0 Å². The summed E-state index contributed by atoms with van der Waals surface area (Å²) in [5.74, 6) is 5.76. The zero-order valence-electron chi connectivity index (χ0n) is 24.7. The number of guanidine groups is 1. The Bertz CT molecular complexity index is 1350. The molecule has 0 aromatic heterocycles. The minimum absolute atomic E-state index is 0.137. The van der Waals surface area contributed by atoms with Crippen LogP contribution in [0, 0.1) is 0 Å². The number of alkyl carbamates (subject to hydrolysis) is 1. The Balaban J connectivity index is 1.30. The molecular weight excluding hydrogens is 550 g/mol. The molecule has 1 atom stereocenters. The Labute approximate surface area is 251 Å². The van der Waals surface area contributed by atoms with Crippen molar-refractivity contribution in [3.63, 3.8) is 0 Å². The first-order valence-electron chi connectivity index (χ1n) is 14.0. The van der Waals surface area contributed by atoms with Crippen molar-refractivity contribution >= 4 is 18.0 Å². The topological polar surface area (TPSA) is 151 Å². The molecule has 228 valence electrons. The molecule has 0 spiro atoms. The monoisotopic (exact) mass is 589 g/mol. The van der Waals surface area contributed by atoms with E-state index in [1.165, 1.54) is 0 Å². The van der Waals surface area contributed by atoms with E-state index in [1.807, 2.05) is 83.8 Å². The zero-order valence-corrected chi connectivity index (χ0v) is 24.7. The highest BCUT2D eigenvalue weighted by atomic mass is 16.7. The molecule has 43 heavy (non-hydrogen) atoms. The van der Waals surface area contributed by atoms with Crippen molar-refractivity contribution in [2.24, 2.45) is 16.6 Å². The summed E-state index contributed by atoms with van der Waals surface area (Å²) in [5, 5.41) is 2.66. The molecule has 3 aromatic rings. The second-order valence-electron chi connectivity index (χ2n) is 11.0. The third-order valence-electron chi connectivity index (χ3n) is 6.55. The first-order valence-corrected chi connectivity index (χ1v) is 14.0. The Morgan fingerprint density at radius 2 is 1.58 bits per heavy atom. The average molecular weight is 590 g/mol. The molecule has 1 aliphatic rings. The first-order chi connectivity index (χ1) is 20.6. The van der Waals surface area contributed by atoms with Crippen LogP contribution < -0.4 is 21.7 Å². The quantitative estimate of drug-likeness (QED) is 0.0997. The summed E-state index contributed by atoms with van der Waals surface area (Å²) in [6.45, 7) is 7.02. The van der Waals surface area contributed by atoms with Crippen molar-refractivity contribution in [1.29, 1.82) is 0 Å². The van der Waals surface area contributed by atoms with Gasteiger partial charge in [0.15, 0.2) is 12.1 Å². The minimum Gasteiger partial charge on any atom is -0.490 e. The molecule has 0 saturated carbocycles. The van der Waals surface area contributed by atoms with Gasteiger partial charge in [0, 0.05) is 19.6 Å². The maximum Gasteiger partial charge on any atom is 0.407 e. The molecule has 1 aliphatic heterocycles. The summed E-state index contributed by atoms with van der Waals surface area (Å²) in [6, 6.07) is 24.6. The van der Waals surface area contributed by atoms with E-state index in [9.17, 15) is 9.59 Å². The predicted octanol–water partition coefficient (Wildman–Crippen LogP) is 3.81. The summed E-state index contributed by atoms with van der Waals surface area (Å²) in [5.41, 5.74) is 9.39. The summed E-state index contributed by atoms with van der Waals surface area (Å²) < 4.78 is 17.0. The maximum absolute atomic E-state index is 13.1. The number of carbonyl (C=O) groups is 2. The Kier molecular flexibility index (Phi) is 10.6. The number of carbonyl (C=O) groups excluding carboxylic acids is 2. The summed E-state index contributed by atoms with van der Waals surface area (Å²) in [4.78, 5) is 36.1. The smallest absolute Gasteiger partial charge is 0.407 e. The second kappa shape index (κ2) is 14.5. The van der Waals surface area contributed by atoms with Gasteiger partial charge in [0.2, 0.25) is 6.10 Å². The first kappa shape index (κ1) is 31.3. The minimum atomic E-state index is -1.14. The van der Waals surface area contributed by atoms with Crippen molar-refractivity contribution in [2.45, 2.75) is 51.7 Å². The van der Waals surface area contributed by atoms with Crippen LogP contribution in [-0.2, 0) is 32.2 Å². The van der Waals surface area contributed by atoms with Gasteiger partial charge >= 0.3 is 12.1 Å². The van der Waals surface area contributed by atoms with E-state index in [0.717, 1.165) is 22.3 Å². The fraction of sp³-hybridized carbons (Fsp3) is 0.344. The molecule has 0 saturated heterocycles. The van der Waals surface area contributed by atoms with E-state index in [1.54, 1.807) is 20.8 Å². The van der Waals surface area contributed by atoms with Crippen LogP contribution in [0.15, 0.2) is 83.9 Å². The number of fused-ring (bicyclic) bond motifs is 1. The molecule has 0 bridgehead atoms. The van der Waals surface area contributed by atoms with Gasteiger partial charge in [0.1, 0.15) is 18.0 Å². The van der Waals surface area contributed by atoms with Crippen LogP contribution in [0.5, 0.6) is 5.75 Å². The summed E-state index contributed by atoms with van der Waals surface area (Å²) >= 11 is 0. The van der Waals surface area contributed by atoms with E-state index in [4.69, 9.17) is 30.7 Å². The highest BCUT2D eigenvalue weighted by molar-refractivity contribution is 5.79. The molecule has 3 aromatic carbocycles. The Morgan fingerprint density at radius 3 is 2.19 bits per heavy atom. The Morgan fingerprint density at radius 1 is 0.953 bits per heavy atom. The predicted molar refractivity (Wildman–Crippen MR) is 162 cm³/mol. The van der Waals surface area contributed by atoms with Crippen molar-refractivity contribution in [2.75, 3.05) is 19.7 Å². The van der Waals surface area contributed by atoms with Gasteiger partial charge in [-0.15, -0.1) is 0 Å². The third kappa shape index (κ3) is 9.19. The highest BCUT2D eigenvalue weighted by Gasteiger charge is 2.27. The van der Waals surface area contributed by atoms with Crippen molar-refractivity contribution in [1.82, 2.24) is 10.2 Å². The number of nitrogens with two attached hydrogens (primary N) is 2. The van der Waals surface area contributed by atoms with Gasteiger partial charge in [-0.05, 0) is 55.2 Å². The number of hydrogen-bond donors (Lipinski definition) is 3. The molecule has 5 N–H and O–H groups in total. The summed E-state index contributed by atoms with van der Waals surface area (Å²) in [6.07, 6.45) is -2.26. The van der Waals surface area contributed by atoms with Gasteiger partial charge in [-0.2, -0.15) is 0 Å². The van der Waals surface area contributed by atoms with E-state index in [0.29, 0.717) is 37.9 Å². The lowest BCUT2D eigenvalue weighted by Crippen LogP contribution is -2.36. The molecule has 0 unspecified atom stereocenters. The van der Waals surface area contributed by atoms with Gasteiger partial charge < -0.3 is 30.2 Å². The average Bonchev–Trinajstić information content (AvgIpc) is 3.42. The van der Waals surface area contributed by atoms with Gasteiger partial charge in [-0.1, -0.05) is 66.7 Å². The zero-order chi connectivity index (χ0) is 30.8. The second-order valence-corrected chi connectivity index (χ2v) is 11.0. The molecule has 1 heterocycles. The highest BCUT2D eigenvalue weighted by Crippen LogP contribution is 2.28. The lowest BCUT2D eigenvalue weighted by Gasteiger charge is -2.22. The van der Waals surface area contributed by atoms with Crippen molar-refractivity contribution in [3.8, 4) is 5.75 Å². The van der Waals surface area contributed by atoms with E-state index >= 15 is 0 Å². The van der Waals surface area contributed by atoms with Gasteiger partial charge in [-0.25, -0.2) is 15.5 Å². The number of benzene rings is 3. The lowest BCUT2D eigenvalue weighted by molar-refractivity contribution is -0.163. The molecule has 11 heteroatoms. The largest absolute Gasteiger partial charge is 0.490 e. The number of esters is 1. The molecule has 4 rings (SSSR count). The third-order valence-corrected chi connectivity index (χ3v) is 6.55. The van der Waals surface area contributed by atoms with Crippen molar-refractivity contribution < 1.29 is 28.6 Å². The number of nitrogens with zero attached hydrogens (tertiary/aromatic N) is 2. The van der Waals surface area contributed by atoms with E-state index < -0.39 is 29.9 Å². The van der Waals surface area contributed by atoms with Crippen LogP contribution in [0.3, 0.4) is 0 Å². The molecule has 1 amide bonds. The van der Waals surface area contributed by atoms with E-state index in [-0.39, 0.29) is 6.61 Å². The van der Waals surface area contributed by atoms with Gasteiger partial charge in [0.25, 0.3) is 0 Å². The SMILES string of the molecule is CC(C)(C)OC(=O)NCCN=C(N)N1Cc2ccc(OC[C@H](ON)C(=O)OC(c3ccccc3)c3ccccc3)cc2C1. The number of ether oxygens (including phenoxy) is 3. The van der Waals surface area contributed by atoms with Crippen molar-refractivity contribution in [3.05, 3.63) is 101 Å². The number of aliphatic imine (C=N–C) groups is 1. The molecule has 11 nitrogen and oxygen atoms in total. The van der Waals surface area contributed by atoms with Crippen LogP contribution in [0.2, 0.25) is 0 Å². The van der Waals surface area contributed by atoms with Crippen LogP contribution in [0.4, 0.5) is 4.79 Å². The molecule has 0 aliphatic carbocycles. The van der Waals surface area contributed by atoms with Gasteiger partial charge in [0.05, 0.1) is 6.54 Å². The Hall–Kier alpha value is -4.61. The lowest BCUT2D eigenvalue weighted by atomic mass is 10.0. The summed E-state index contributed by atoms with van der Waals surface area (Å²) in [7, 11) is 0. The molecule has 0 fully saturated rings.